The molecule has 1 heterocycles. The van der Waals surface area contributed by atoms with Crippen molar-refractivity contribution < 1.29 is 5.11 Å². The second-order valence-electron chi connectivity index (χ2n) is 4.64. The Morgan fingerprint density at radius 2 is 2.06 bits per heavy atom. The van der Waals surface area contributed by atoms with Gasteiger partial charge in [-0.15, -0.1) is 0 Å². The average Bonchev–Trinajstić information content (AvgIpc) is 2.66. The number of aliphatic hydroxyl groups excluding tert-OH is 1. The van der Waals surface area contributed by atoms with Gasteiger partial charge < -0.3 is 10.8 Å². The zero-order valence-corrected chi connectivity index (χ0v) is 9.71. The van der Waals surface area contributed by atoms with Crippen LogP contribution in [0.2, 0.25) is 0 Å². The Balaban J connectivity index is 2.18. The molecule has 3 N–H and O–H groups in total. The Kier molecular flexibility index (Phi) is 3.59. The van der Waals surface area contributed by atoms with Crippen molar-refractivity contribution in [2.75, 3.05) is 13.1 Å². The van der Waals surface area contributed by atoms with Crippen LogP contribution in [0.1, 0.15) is 24.9 Å². The van der Waals surface area contributed by atoms with E-state index >= 15 is 0 Å². The standard InChI is InChI=1S/C13H20N2O/c1-10(16)13(11-5-3-2-4-6-11)15-8-7-12(14)9-15/h2-6,10,12-13,16H,7-9,14H2,1H3. The lowest BCUT2D eigenvalue weighted by Crippen LogP contribution is -2.35. The number of rotatable bonds is 3. The maximum Gasteiger partial charge on any atom is 0.0708 e. The van der Waals surface area contributed by atoms with Gasteiger partial charge in [-0.1, -0.05) is 30.3 Å². The van der Waals surface area contributed by atoms with Gasteiger partial charge in [-0.3, -0.25) is 4.90 Å². The van der Waals surface area contributed by atoms with Crippen molar-refractivity contribution in [2.45, 2.75) is 31.5 Å². The van der Waals surface area contributed by atoms with Crippen molar-refractivity contribution in [3.63, 3.8) is 0 Å². The number of hydrogen-bond donors (Lipinski definition) is 2. The van der Waals surface area contributed by atoms with Gasteiger partial charge in [0.2, 0.25) is 0 Å². The van der Waals surface area contributed by atoms with Gasteiger partial charge in [0.05, 0.1) is 12.1 Å². The van der Waals surface area contributed by atoms with Crippen LogP contribution in [-0.4, -0.2) is 35.2 Å². The highest BCUT2D eigenvalue weighted by atomic mass is 16.3. The molecule has 3 nitrogen and oxygen atoms in total. The predicted molar refractivity (Wildman–Crippen MR) is 65.0 cm³/mol. The van der Waals surface area contributed by atoms with Crippen LogP contribution in [0.4, 0.5) is 0 Å². The third-order valence-corrected chi connectivity index (χ3v) is 3.25. The van der Waals surface area contributed by atoms with E-state index in [4.69, 9.17) is 5.73 Å². The monoisotopic (exact) mass is 220 g/mol. The summed E-state index contributed by atoms with van der Waals surface area (Å²) in [5.74, 6) is 0. The summed E-state index contributed by atoms with van der Waals surface area (Å²) in [5.41, 5.74) is 7.09. The summed E-state index contributed by atoms with van der Waals surface area (Å²) in [6, 6.07) is 10.5. The summed E-state index contributed by atoms with van der Waals surface area (Å²) in [6.07, 6.45) is 0.656. The normalized spacial score (nSPS) is 25.6. The molecule has 1 fully saturated rings. The molecule has 1 aliphatic rings. The summed E-state index contributed by atoms with van der Waals surface area (Å²) in [5, 5.41) is 9.93. The van der Waals surface area contributed by atoms with Gasteiger partial charge in [-0.25, -0.2) is 0 Å². The highest BCUT2D eigenvalue weighted by molar-refractivity contribution is 5.20. The molecule has 0 amide bonds. The largest absolute Gasteiger partial charge is 0.391 e. The Morgan fingerprint density at radius 3 is 2.56 bits per heavy atom. The maximum absolute atomic E-state index is 9.93. The molecular formula is C13H20N2O. The first kappa shape index (κ1) is 11.6. The number of nitrogens with zero attached hydrogens (tertiary/aromatic N) is 1. The van der Waals surface area contributed by atoms with Crippen LogP contribution in [0.15, 0.2) is 30.3 Å². The third-order valence-electron chi connectivity index (χ3n) is 3.25. The number of benzene rings is 1. The molecule has 0 aromatic heterocycles. The van der Waals surface area contributed by atoms with E-state index in [2.05, 4.69) is 17.0 Å². The summed E-state index contributed by atoms with van der Waals surface area (Å²) in [6.45, 7) is 3.71. The van der Waals surface area contributed by atoms with Crippen LogP contribution in [0.3, 0.4) is 0 Å². The Hall–Kier alpha value is -0.900. The van der Waals surface area contributed by atoms with E-state index in [-0.39, 0.29) is 18.2 Å². The van der Waals surface area contributed by atoms with Gasteiger partial charge in [-0.05, 0) is 18.9 Å². The molecule has 3 heteroatoms. The van der Waals surface area contributed by atoms with Crippen LogP contribution in [0.5, 0.6) is 0 Å². The highest BCUT2D eigenvalue weighted by Gasteiger charge is 2.30. The molecule has 0 aliphatic carbocycles. The fraction of sp³-hybridized carbons (Fsp3) is 0.538. The molecule has 3 atom stereocenters. The number of hydrogen-bond acceptors (Lipinski definition) is 3. The quantitative estimate of drug-likeness (QED) is 0.803. The smallest absolute Gasteiger partial charge is 0.0708 e. The van der Waals surface area contributed by atoms with Crippen LogP contribution in [-0.2, 0) is 0 Å². The molecule has 0 saturated carbocycles. The summed E-state index contributed by atoms with van der Waals surface area (Å²) in [7, 11) is 0. The Labute approximate surface area is 96.9 Å². The fourth-order valence-corrected chi connectivity index (χ4v) is 2.51. The van der Waals surface area contributed by atoms with Crippen molar-refractivity contribution in [3.8, 4) is 0 Å². The van der Waals surface area contributed by atoms with E-state index in [1.54, 1.807) is 0 Å². The minimum absolute atomic E-state index is 0.0785. The van der Waals surface area contributed by atoms with Crippen molar-refractivity contribution in [3.05, 3.63) is 35.9 Å². The van der Waals surface area contributed by atoms with E-state index in [1.807, 2.05) is 25.1 Å². The molecule has 1 aliphatic heterocycles. The fourth-order valence-electron chi connectivity index (χ4n) is 2.51. The molecule has 3 unspecified atom stereocenters. The summed E-state index contributed by atoms with van der Waals surface area (Å²) >= 11 is 0. The predicted octanol–water partition coefficient (Wildman–Crippen LogP) is 1.14. The first-order chi connectivity index (χ1) is 7.68. The van der Waals surface area contributed by atoms with E-state index in [0.717, 1.165) is 19.5 Å². The Morgan fingerprint density at radius 1 is 1.38 bits per heavy atom. The van der Waals surface area contributed by atoms with Crippen molar-refractivity contribution in [1.29, 1.82) is 0 Å². The van der Waals surface area contributed by atoms with Crippen molar-refractivity contribution in [1.82, 2.24) is 4.90 Å². The van der Waals surface area contributed by atoms with Crippen LogP contribution in [0, 0.1) is 0 Å². The molecule has 1 saturated heterocycles. The number of likely N-dealkylation sites (tertiary alicyclic amines) is 1. The lowest BCUT2D eigenvalue weighted by Gasteiger charge is -2.30. The first-order valence-electron chi connectivity index (χ1n) is 5.91. The number of nitrogens with two attached hydrogens (primary N) is 1. The van der Waals surface area contributed by atoms with Crippen LogP contribution < -0.4 is 5.73 Å². The molecule has 2 rings (SSSR count). The zero-order chi connectivity index (χ0) is 11.5. The van der Waals surface area contributed by atoms with Crippen molar-refractivity contribution in [2.24, 2.45) is 5.73 Å². The molecule has 1 aromatic rings. The highest BCUT2D eigenvalue weighted by Crippen LogP contribution is 2.27. The molecule has 0 radical (unpaired) electrons. The van der Waals surface area contributed by atoms with Crippen LogP contribution in [0.25, 0.3) is 0 Å². The van der Waals surface area contributed by atoms with E-state index in [9.17, 15) is 5.11 Å². The van der Waals surface area contributed by atoms with Gasteiger partial charge in [0, 0.05) is 19.1 Å². The topological polar surface area (TPSA) is 49.5 Å². The molecule has 88 valence electrons. The minimum atomic E-state index is -0.368. The lowest BCUT2D eigenvalue weighted by atomic mass is 10.0. The zero-order valence-electron chi connectivity index (χ0n) is 9.71. The van der Waals surface area contributed by atoms with Gasteiger partial charge in [-0.2, -0.15) is 0 Å². The van der Waals surface area contributed by atoms with Gasteiger partial charge in [0.1, 0.15) is 0 Å². The SMILES string of the molecule is CC(O)C(c1ccccc1)N1CCC(N)C1. The van der Waals surface area contributed by atoms with Gasteiger partial charge >= 0.3 is 0 Å². The van der Waals surface area contributed by atoms with E-state index < -0.39 is 0 Å². The number of aliphatic hydroxyl groups is 1. The molecular weight excluding hydrogens is 200 g/mol. The molecule has 16 heavy (non-hydrogen) atoms. The lowest BCUT2D eigenvalue weighted by molar-refractivity contribution is 0.0742. The Bertz CT molecular complexity index is 326. The average molecular weight is 220 g/mol. The molecule has 0 bridgehead atoms. The minimum Gasteiger partial charge on any atom is -0.391 e. The van der Waals surface area contributed by atoms with E-state index in [1.165, 1.54) is 5.56 Å². The molecule has 0 spiro atoms. The second-order valence-corrected chi connectivity index (χ2v) is 4.64. The molecule has 1 aromatic carbocycles. The van der Waals surface area contributed by atoms with Crippen molar-refractivity contribution >= 4 is 0 Å². The van der Waals surface area contributed by atoms with Crippen LogP contribution >= 0.6 is 0 Å². The summed E-state index contributed by atoms with van der Waals surface area (Å²) in [4.78, 5) is 2.28. The van der Waals surface area contributed by atoms with Gasteiger partial charge in [0.15, 0.2) is 0 Å². The second kappa shape index (κ2) is 4.95. The first-order valence-corrected chi connectivity index (χ1v) is 5.91. The summed E-state index contributed by atoms with van der Waals surface area (Å²) < 4.78 is 0. The van der Waals surface area contributed by atoms with Gasteiger partial charge in [0.25, 0.3) is 0 Å². The van der Waals surface area contributed by atoms with E-state index in [0.29, 0.717) is 0 Å². The third kappa shape index (κ3) is 2.43. The maximum atomic E-state index is 9.93.